The molecule has 0 radical (unpaired) electrons. The normalized spacial score (nSPS) is 39.2. The van der Waals surface area contributed by atoms with Crippen molar-refractivity contribution in [1.82, 2.24) is 4.90 Å². The van der Waals surface area contributed by atoms with Gasteiger partial charge in [0.2, 0.25) is 0 Å². The van der Waals surface area contributed by atoms with Crippen LogP contribution in [-0.4, -0.2) is 43.3 Å². The van der Waals surface area contributed by atoms with Gasteiger partial charge in [-0.3, -0.25) is 4.90 Å². The maximum atomic E-state index is 6.17. The lowest BCUT2D eigenvalue weighted by atomic mass is 9.63. The fourth-order valence-corrected chi connectivity index (χ4v) is 4.26. The van der Waals surface area contributed by atoms with E-state index < -0.39 is 0 Å². The molecule has 1 aliphatic heterocycles. The van der Waals surface area contributed by atoms with Crippen molar-refractivity contribution in [2.45, 2.75) is 45.6 Å². The van der Waals surface area contributed by atoms with Gasteiger partial charge in [0.15, 0.2) is 0 Å². The third-order valence-electron chi connectivity index (χ3n) is 4.50. The van der Waals surface area contributed by atoms with Gasteiger partial charge in [-0.25, -0.2) is 0 Å². The highest BCUT2D eigenvalue weighted by molar-refractivity contribution is 5.01. The van der Waals surface area contributed by atoms with E-state index in [-0.39, 0.29) is 5.54 Å². The van der Waals surface area contributed by atoms with Crippen LogP contribution in [0.15, 0.2) is 0 Å². The highest BCUT2D eigenvalue weighted by Gasteiger charge is 2.45. The molecule has 3 nitrogen and oxygen atoms in total. The highest BCUT2D eigenvalue weighted by Crippen LogP contribution is 2.46. The predicted octanol–water partition coefficient (Wildman–Crippen LogP) is 1.86. The lowest BCUT2D eigenvalue weighted by Gasteiger charge is -2.53. The van der Waals surface area contributed by atoms with Crippen molar-refractivity contribution in [2.75, 3.05) is 32.8 Å². The molecule has 2 rings (SSSR count). The fourth-order valence-electron chi connectivity index (χ4n) is 4.26. The molecule has 0 bridgehead atoms. The number of hydrogen-bond donors (Lipinski definition) is 1. The molecule has 1 heterocycles. The van der Waals surface area contributed by atoms with Crippen LogP contribution in [0.5, 0.6) is 0 Å². The van der Waals surface area contributed by atoms with E-state index in [1.807, 2.05) is 0 Å². The molecule has 17 heavy (non-hydrogen) atoms. The Labute approximate surface area is 106 Å². The average molecular weight is 240 g/mol. The molecular weight excluding hydrogens is 212 g/mol. The van der Waals surface area contributed by atoms with Crippen molar-refractivity contribution >= 4 is 0 Å². The molecule has 1 saturated carbocycles. The Balaban J connectivity index is 2.16. The second-order valence-corrected chi connectivity index (χ2v) is 6.88. The van der Waals surface area contributed by atoms with Gasteiger partial charge < -0.3 is 10.5 Å². The number of hydrogen-bond acceptors (Lipinski definition) is 3. The Morgan fingerprint density at radius 3 is 2.41 bits per heavy atom. The Bertz CT molecular complexity index is 261. The van der Waals surface area contributed by atoms with Gasteiger partial charge in [-0.2, -0.15) is 0 Å². The van der Waals surface area contributed by atoms with E-state index in [4.69, 9.17) is 10.5 Å². The smallest absolute Gasteiger partial charge is 0.0594 e. The van der Waals surface area contributed by atoms with Gasteiger partial charge in [-0.05, 0) is 30.6 Å². The topological polar surface area (TPSA) is 38.5 Å². The van der Waals surface area contributed by atoms with Gasteiger partial charge in [-0.15, -0.1) is 0 Å². The van der Waals surface area contributed by atoms with Crippen LogP contribution in [0.4, 0.5) is 0 Å². The minimum absolute atomic E-state index is 0.227. The van der Waals surface area contributed by atoms with Gasteiger partial charge >= 0.3 is 0 Å². The summed E-state index contributed by atoms with van der Waals surface area (Å²) in [5.41, 5.74) is 6.82. The first kappa shape index (κ1) is 13.3. The summed E-state index contributed by atoms with van der Waals surface area (Å²) in [6, 6.07) is 0. The molecule has 100 valence electrons. The molecule has 2 unspecified atom stereocenters. The summed E-state index contributed by atoms with van der Waals surface area (Å²) in [6.45, 7) is 11.8. The summed E-state index contributed by atoms with van der Waals surface area (Å²) in [7, 11) is 0. The maximum absolute atomic E-state index is 6.17. The number of morpholine rings is 1. The van der Waals surface area contributed by atoms with Crippen molar-refractivity contribution in [2.24, 2.45) is 17.1 Å². The zero-order chi connectivity index (χ0) is 12.5. The zero-order valence-corrected chi connectivity index (χ0v) is 11.7. The third kappa shape index (κ3) is 2.83. The summed E-state index contributed by atoms with van der Waals surface area (Å²) < 4.78 is 5.48. The molecule has 0 aromatic rings. The second-order valence-electron chi connectivity index (χ2n) is 6.88. The summed E-state index contributed by atoms with van der Waals surface area (Å²) in [4.78, 5) is 2.61. The van der Waals surface area contributed by atoms with Crippen LogP contribution in [-0.2, 0) is 4.74 Å². The second kappa shape index (κ2) is 4.87. The van der Waals surface area contributed by atoms with Crippen LogP contribution in [0, 0.1) is 11.3 Å². The molecule has 0 amide bonds. The van der Waals surface area contributed by atoms with Gasteiger partial charge in [0, 0.05) is 25.2 Å². The summed E-state index contributed by atoms with van der Waals surface area (Å²) in [5.74, 6) is 0.783. The van der Waals surface area contributed by atoms with Crippen LogP contribution < -0.4 is 5.73 Å². The SMILES string of the molecule is CC1CC(C)(C)CC(CN)(N2CCOCC2)C1. The molecule has 0 spiro atoms. The number of nitrogens with zero attached hydrogens (tertiary/aromatic N) is 1. The minimum atomic E-state index is 0.227. The largest absolute Gasteiger partial charge is 0.379 e. The molecule has 2 fully saturated rings. The van der Waals surface area contributed by atoms with E-state index in [9.17, 15) is 0 Å². The molecule has 2 N–H and O–H groups in total. The van der Waals surface area contributed by atoms with Gasteiger partial charge in [0.1, 0.15) is 0 Å². The van der Waals surface area contributed by atoms with Gasteiger partial charge in [0.05, 0.1) is 13.2 Å². The minimum Gasteiger partial charge on any atom is -0.379 e. The molecule has 1 aliphatic carbocycles. The third-order valence-corrected chi connectivity index (χ3v) is 4.50. The van der Waals surface area contributed by atoms with E-state index in [0.717, 1.165) is 38.8 Å². The van der Waals surface area contributed by atoms with Crippen molar-refractivity contribution in [3.8, 4) is 0 Å². The van der Waals surface area contributed by atoms with Crippen LogP contribution in [0.3, 0.4) is 0 Å². The van der Waals surface area contributed by atoms with E-state index in [1.54, 1.807) is 0 Å². The predicted molar refractivity (Wildman–Crippen MR) is 71.0 cm³/mol. The highest BCUT2D eigenvalue weighted by atomic mass is 16.5. The maximum Gasteiger partial charge on any atom is 0.0594 e. The Kier molecular flexibility index (Phi) is 3.81. The first-order chi connectivity index (χ1) is 7.97. The monoisotopic (exact) mass is 240 g/mol. The van der Waals surface area contributed by atoms with E-state index >= 15 is 0 Å². The van der Waals surface area contributed by atoms with Crippen molar-refractivity contribution in [3.63, 3.8) is 0 Å². The Morgan fingerprint density at radius 1 is 1.24 bits per heavy atom. The molecule has 1 saturated heterocycles. The molecular formula is C14H28N2O. The molecule has 2 aliphatic rings. The lowest BCUT2D eigenvalue weighted by Crippen LogP contribution is -2.61. The van der Waals surface area contributed by atoms with Crippen molar-refractivity contribution in [3.05, 3.63) is 0 Å². The van der Waals surface area contributed by atoms with Crippen molar-refractivity contribution in [1.29, 1.82) is 0 Å². The van der Waals surface area contributed by atoms with Gasteiger partial charge in [0.25, 0.3) is 0 Å². The standard InChI is InChI=1S/C14H28N2O/c1-12-8-13(2,3)10-14(9-12,11-15)16-4-6-17-7-5-16/h12H,4-11,15H2,1-3H3. The van der Waals surface area contributed by atoms with Gasteiger partial charge in [-0.1, -0.05) is 20.8 Å². The number of nitrogens with two attached hydrogens (primary N) is 1. The van der Waals surface area contributed by atoms with Crippen LogP contribution in [0.25, 0.3) is 0 Å². The Morgan fingerprint density at radius 2 is 1.88 bits per heavy atom. The van der Waals surface area contributed by atoms with E-state index in [2.05, 4.69) is 25.7 Å². The van der Waals surface area contributed by atoms with Crippen molar-refractivity contribution < 1.29 is 4.74 Å². The number of rotatable bonds is 2. The fraction of sp³-hybridized carbons (Fsp3) is 1.00. The van der Waals surface area contributed by atoms with E-state index in [1.165, 1.54) is 19.3 Å². The first-order valence-electron chi connectivity index (χ1n) is 7.00. The molecule has 3 heteroatoms. The lowest BCUT2D eigenvalue weighted by molar-refractivity contribution is -0.0642. The zero-order valence-electron chi connectivity index (χ0n) is 11.7. The molecule has 0 aromatic carbocycles. The quantitative estimate of drug-likeness (QED) is 0.801. The Hall–Kier alpha value is -0.120. The van der Waals surface area contributed by atoms with E-state index in [0.29, 0.717) is 5.41 Å². The molecule has 0 aromatic heterocycles. The summed E-state index contributed by atoms with van der Waals surface area (Å²) in [6.07, 6.45) is 3.83. The van der Waals surface area contributed by atoms with Crippen LogP contribution >= 0.6 is 0 Å². The number of ether oxygens (including phenoxy) is 1. The van der Waals surface area contributed by atoms with Crippen LogP contribution in [0.2, 0.25) is 0 Å². The van der Waals surface area contributed by atoms with Crippen LogP contribution in [0.1, 0.15) is 40.0 Å². The first-order valence-corrected chi connectivity index (χ1v) is 7.00. The summed E-state index contributed by atoms with van der Waals surface area (Å²) >= 11 is 0. The molecule has 2 atom stereocenters. The average Bonchev–Trinajstić information content (AvgIpc) is 2.27. The summed E-state index contributed by atoms with van der Waals surface area (Å²) in [5, 5.41) is 0.